The van der Waals surface area contributed by atoms with Crippen molar-refractivity contribution in [2.24, 2.45) is 5.41 Å². The van der Waals surface area contributed by atoms with E-state index in [2.05, 4.69) is 61.4 Å². The van der Waals surface area contributed by atoms with Gasteiger partial charge >= 0.3 is 0 Å². The summed E-state index contributed by atoms with van der Waals surface area (Å²) in [5, 5.41) is 4.30. The van der Waals surface area contributed by atoms with Gasteiger partial charge in [0.2, 0.25) is 5.91 Å². The molecule has 2 aromatic carbocycles. The molecule has 3 nitrogen and oxygen atoms in total. The van der Waals surface area contributed by atoms with Gasteiger partial charge in [-0.2, -0.15) is 0 Å². The van der Waals surface area contributed by atoms with Gasteiger partial charge in [-0.3, -0.25) is 4.79 Å². The maximum atomic E-state index is 12.3. The first kappa shape index (κ1) is 17.3. The monoisotopic (exact) mass is 334 g/mol. The van der Waals surface area contributed by atoms with E-state index in [9.17, 15) is 4.79 Å². The van der Waals surface area contributed by atoms with Crippen molar-refractivity contribution in [1.29, 1.82) is 0 Å². The van der Waals surface area contributed by atoms with E-state index in [4.69, 9.17) is 0 Å². The molecule has 0 aliphatic carbocycles. The zero-order chi connectivity index (χ0) is 18.2. The van der Waals surface area contributed by atoms with Crippen molar-refractivity contribution in [2.45, 2.75) is 41.0 Å². The van der Waals surface area contributed by atoms with Crippen LogP contribution in [0.5, 0.6) is 0 Å². The average molecular weight is 334 g/mol. The summed E-state index contributed by atoms with van der Waals surface area (Å²) in [6, 6.07) is 14.7. The maximum Gasteiger partial charge on any atom is 0.224 e. The van der Waals surface area contributed by atoms with Gasteiger partial charge in [-0.25, -0.2) is 0 Å². The highest BCUT2D eigenvalue weighted by molar-refractivity contribution is 5.93. The topological polar surface area (TPSA) is 44.9 Å². The fourth-order valence-corrected chi connectivity index (χ4v) is 3.21. The molecule has 0 atom stereocenters. The molecule has 2 N–H and O–H groups in total. The summed E-state index contributed by atoms with van der Waals surface area (Å²) in [6.45, 7) is 10.3. The lowest BCUT2D eigenvalue weighted by atomic mass is 9.91. The Balaban J connectivity index is 1.91. The van der Waals surface area contributed by atoms with E-state index in [1.807, 2.05) is 26.0 Å². The number of hydrogen-bond donors (Lipinski definition) is 2. The molecule has 0 saturated heterocycles. The number of aryl methyl sites for hydroxylation is 2. The molecule has 0 aliphatic rings. The highest BCUT2D eigenvalue weighted by atomic mass is 16.1. The first-order valence-corrected chi connectivity index (χ1v) is 8.72. The second-order valence-corrected chi connectivity index (χ2v) is 8.04. The third-order valence-corrected chi connectivity index (χ3v) is 4.33. The van der Waals surface area contributed by atoms with Gasteiger partial charge in [0, 0.05) is 28.7 Å². The van der Waals surface area contributed by atoms with Crippen LogP contribution in [0.3, 0.4) is 0 Å². The third-order valence-electron chi connectivity index (χ3n) is 4.33. The van der Waals surface area contributed by atoms with Crippen molar-refractivity contribution in [1.82, 2.24) is 4.98 Å². The molecule has 0 bridgehead atoms. The molecule has 0 radical (unpaired) electrons. The van der Waals surface area contributed by atoms with Gasteiger partial charge in [0.15, 0.2) is 0 Å². The highest BCUT2D eigenvalue weighted by Crippen LogP contribution is 2.30. The number of H-pyrrole nitrogens is 1. The van der Waals surface area contributed by atoms with Crippen LogP contribution in [0.1, 0.15) is 38.3 Å². The normalized spacial score (nSPS) is 11.7. The van der Waals surface area contributed by atoms with Crippen LogP contribution in [-0.4, -0.2) is 10.9 Å². The zero-order valence-electron chi connectivity index (χ0n) is 15.7. The van der Waals surface area contributed by atoms with Crippen molar-refractivity contribution in [3.63, 3.8) is 0 Å². The van der Waals surface area contributed by atoms with Crippen LogP contribution < -0.4 is 5.32 Å². The Morgan fingerprint density at radius 1 is 1.04 bits per heavy atom. The molecule has 3 rings (SSSR count). The molecule has 3 aromatic rings. The van der Waals surface area contributed by atoms with Gasteiger partial charge in [-0.15, -0.1) is 0 Å². The first-order valence-electron chi connectivity index (χ1n) is 8.72. The molecule has 0 unspecified atom stereocenters. The van der Waals surface area contributed by atoms with Crippen molar-refractivity contribution in [3.8, 4) is 11.3 Å². The van der Waals surface area contributed by atoms with Crippen molar-refractivity contribution >= 4 is 22.5 Å². The molecular weight excluding hydrogens is 308 g/mol. The molecule has 25 heavy (non-hydrogen) atoms. The maximum absolute atomic E-state index is 12.3. The SMILES string of the molecule is Cc1cc(-c2cc3ccccc3[nH]2)cc(C)c1NC(=O)CC(C)(C)C. The molecule has 0 spiro atoms. The number of hydrogen-bond acceptors (Lipinski definition) is 1. The number of para-hydroxylation sites is 1. The lowest BCUT2D eigenvalue weighted by molar-refractivity contribution is -0.117. The van der Waals surface area contributed by atoms with Crippen LogP contribution >= 0.6 is 0 Å². The van der Waals surface area contributed by atoms with Crippen molar-refractivity contribution in [2.75, 3.05) is 5.32 Å². The summed E-state index contributed by atoms with van der Waals surface area (Å²) >= 11 is 0. The Morgan fingerprint density at radius 3 is 2.28 bits per heavy atom. The minimum absolute atomic E-state index is 0.0177. The minimum Gasteiger partial charge on any atom is -0.355 e. The molecule has 3 heteroatoms. The Bertz CT molecular complexity index is 873. The molecular formula is C22H26N2O. The van der Waals surface area contributed by atoms with E-state index >= 15 is 0 Å². The number of nitrogens with one attached hydrogen (secondary N) is 2. The summed E-state index contributed by atoms with van der Waals surface area (Å²) in [4.78, 5) is 15.8. The molecule has 0 fully saturated rings. The number of carbonyl (C=O) groups is 1. The fourth-order valence-electron chi connectivity index (χ4n) is 3.21. The number of amides is 1. The zero-order valence-corrected chi connectivity index (χ0v) is 15.7. The van der Waals surface area contributed by atoms with Gasteiger partial charge in [-0.1, -0.05) is 39.0 Å². The largest absolute Gasteiger partial charge is 0.355 e. The molecule has 1 heterocycles. The van der Waals surface area contributed by atoms with E-state index in [-0.39, 0.29) is 11.3 Å². The van der Waals surface area contributed by atoms with Crippen LogP contribution in [0.25, 0.3) is 22.2 Å². The molecule has 0 aliphatic heterocycles. The van der Waals surface area contributed by atoms with Crippen LogP contribution in [-0.2, 0) is 4.79 Å². The average Bonchev–Trinajstić information content (AvgIpc) is 2.93. The number of aromatic amines is 1. The Hall–Kier alpha value is -2.55. The Morgan fingerprint density at radius 2 is 1.68 bits per heavy atom. The number of carbonyl (C=O) groups excluding carboxylic acids is 1. The van der Waals surface area contributed by atoms with Gasteiger partial charge in [0.05, 0.1) is 0 Å². The summed E-state index contributed by atoms with van der Waals surface area (Å²) in [5.74, 6) is 0.0667. The minimum atomic E-state index is -0.0177. The quantitative estimate of drug-likeness (QED) is 0.622. The first-order chi connectivity index (χ1) is 11.7. The molecule has 1 aromatic heterocycles. The van der Waals surface area contributed by atoms with Crippen molar-refractivity contribution in [3.05, 3.63) is 53.6 Å². The lowest BCUT2D eigenvalue weighted by Crippen LogP contribution is -2.20. The Kier molecular flexibility index (Phi) is 4.42. The smallest absolute Gasteiger partial charge is 0.224 e. The van der Waals surface area contributed by atoms with Gasteiger partial charge < -0.3 is 10.3 Å². The highest BCUT2D eigenvalue weighted by Gasteiger charge is 2.17. The van der Waals surface area contributed by atoms with Gasteiger partial charge in [0.1, 0.15) is 0 Å². The van der Waals surface area contributed by atoms with Gasteiger partial charge in [-0.05, 0) is 60.2 Å². The van der Waals surface area contributed by atoms with Crippen LogP contribution in [0.2, 0.25) is 0 Å². The predicted octanol–water partition coefficient (Wildman–Crippen LogP) is 5.83. The van der Waals surface area contributed by atoms with E-state index in [0.717, 1.165) is 33.6 Å². The van der Waals surface area contributed by atoms with Crippen LogP contribution in [0.15, 0.2) is 42.5 Å². The van der Waals surface area contributed by atoms with E-state index in [1.165, 1.54) is 5.39 Å². The van der Waals surface area contributed by atoms with Crippen LogP contribution in [0.4, 0.5) is 5.69 Å². The number of fused-ring (bicyclic) bond motifs is 1. The number of anilines is 1. The summed E-state index contributed by atoms with van der Waals surface area (Å²) in [7, 11) is 0. The van der Waals surface area contributed by atoms with Crippen LogP contribution in [0, 0.1) is 19.3 Å². The summed E-state index contributed by atoms with van der Waals surface area (Å²) in [5.41, 5.74) is 6.44. The molecule has 1 amide bonds. The Labute approximate surface area is 149 Å². The van der Waals surface area contributed by atoms with E-state index < -0.39 is 0 Å². The third kappa shape index (κ3) is 3.93. The van der Waals surface area contributed by atoms with Gasteiger partial charge in [0.25, 0.3) is 0 Å². The van der Waals surface area contributed by atoms with E-state index in [0.29, 0.717) is 6.42 Å². The lowest BCUT2D eigenvalue weighted by Gasteiger charge is -2.19. The second kappa shape index (κ2) is 6.40. The summed E-state index contributed by atoms with van der Waals surface area (Å²) < 4.78 is 0. The van der Waals surface area contributed by atoms with Crippen molar-refractivity contribution < 1.29 is 4.79 Å². The predicted molar refractivity (Wildman–Crippen MR) is 106 cm³/mol. The number of rotatable bonds is 3. The standard InChI is InChI=1S/C22H26N2O/c1-14-10-17(19-12-16-8-6-7-9-18(16)23-19)11-15(2)21(14)24-20(25)13-22(3,4)5/h6-12,23H,13H2,1-5H3,(H,24,25). The molecule has 130 valence electrons. The number of aromatic nitrogens is 1. The summed E-state index contributed by atoms with van der Waals surface area (Å²) in [6.07, 6.45) is 0.510. The second-order valence-electron chi connectivity index (χ2n) is 8.04. The molecule has 0 saturated carbocycles. The number of benzene rings is 2. The van der Waals surface area contributed by atoms with E-state index in [1.54, 1.807) is 0 Å². The fraction of sp³-hybridized carbons (Fsp3) is 0.318.